The second-order valence-corrected chi connectivity index (χ2v) is 13.8. The zero-order valence-corrected chi connectivity index (χ0v) is 28.8. The zero-order chi connectivity index (χ0) is 36.4. The number of rotatable bonds is 10. The van der Waals surface area contributed by atoms with Crippen LogP contribution in [0.25, 0.3) is 10.9 Å². The predicted molar refractivity (Wildman–Crippen MR) is 190 cm³/mol. The summed E-state index contributed by atoms with van der Waals surface area (Å²) in [5.74, 6) is -2.67. The van der Waals surface area contributed by atoms with Crippen molar-refractivity contribution in [3.05, 3.63) is 83.2 Å². The first kappa shape index (κ1) is 35.1. The van der Waals surface area contributed by atoms with Gasteiger partial charge in [-0.1, -0.05) is 0 Å². The number of likely N-dealkylation sites (tertiary alicyclic amines) is 1. The molecular formula is C38H41F2N7O5. The van der Waals surface area contributed by atoms with Gasteiger partial charge in [-0.3, -0.25) is 29.4 Å². The Kier molecular flexibility index (Phi) is 10.2. The molecule has 2 aromatic carbocycles. The minimum Gasteiger partial charge on any atom is -0.493 e. The number of pyridine rings is 1. The van der Waals surface area contributed by atoms with E-state index >= 15 is 4.39 Å². The minimum atomic E-state index is -0.885. The van der Waals surface area contributed by atoms with Crippen LogP contribution in [0.1, 0.15) is 77.4 Å². The van der Waals surface area contributed by atoms with Gasteiger partial charge in [-0.15, -0.1) is 0 Å². The summed E-state index contributed by atoms with van der Waals surface area (Å²) < 4.78 is 35.8. The number of carbonyl (C=O) groups excluding carboxylic acids is 4. The number of benzene rings is 2. The van der Waals surface area contributed by atoms with Gasteiger partial charge in [0, 0.05) is 60.6 Å². The van der Waals surface area contributed by atoms with E-state index in [4.69, 9.17) is 4.74 Å². The molecule has 5 heterocycles. The highest BCUT2D eigenvalue weighted by atomic mass is 19.1. The van der Waals surface area contributed by atoms with Gasteiger partial charge in [0.25, 0.3) is 11.8 Å². The maximum atomic E-state index is 15.0. The summed E-state index contributed by atoms with van der Waals surface area (Å²) in [4.78, 5) is 61.0. The van der Waals surface area contributed by atoms with Crippen molar-refractivity contribution in [3.8, 4) is 5.75 Å². The number of fused-ring (bicyclic) bond motifs is 1. The number of carbonyl (C=O) groups is 4. The van der Waals surface area contributed by atoms with Crippen LogP contribution in [0, 0.1) is 17.6 Å². The van der Waals surface area contributed by atoms with Crippen molar-refractivity contribution in [1.29, 1.82) is 0 Å². The average Bonchev–Trinajstić information content (AvgIpc) is 3.75. The van der Waals surface area contributed by atoms with Crippen LogP contribution in [0.3, 0.4) is 0 Å². The number of anilines is 2. The number of halogens is 2. The van der Waals surface area contributed by atoms with Gasteiger partial charge in [-0.2, -0.15) is 0 Å². The number of hydrogen-bond acceptors (Lipinski definition) is 8. The van der Waals surface area contributed by atoms with Gasteiger partial charge in [-0.05, 0) is 94.4 Å². The Morgan fingerprint density at radius 1 is 0.942 bits per heavy atom. The third-order valence-corrected chi connectivity index (χ3v) is 10.3. The molecule has 4 aromatic rings. The third kappa shape index (κ3) is 7.76. The molecule has 3 saturated heterocycles. The molecule has 0 aliphatic carbocycles. The molecule has 272 valence electrons. The van der Waals surface area contributed by atoms with Crippen molar-refractivity contribution in [2.75, 3.05) is 43.5 Å². The fourth-order valence-electron chi connectivity index (χ4n) is 7.33. The summed E-state index contributed by atoms with van der Waals surface area (Å²) in [6, 6.07) is 11.9. The number of nitrogens with one attached hydrogen (secondary N) is 4. The second-order valence-electron chi connectivity index (χ2n) is 13.8. The van der Waals surface area contributed by atoms with E-state index in [0.717, 1.165) is 55.2 Å². The lowest BCUT2D eigenvalue weighted by molar-refractivity contribution is -0.134. The molecule has 0 radical (unpaired) electrons. The van der Waals surface area contributed by atoms with Crippen LogP contribution in [-0.4, -0.2) is 77.8 Å². The number of nitrogens with zero attached hydrogens (tertiary/aromatic N) is 3. The molecule has 0 spiro atoms. The van der Waals surface area contributed by atoms with Crippen LogP contribution in [0.4, 0.5) is 20.3 Å². The first-order valence-electron chi connectivity index (χ1n) is 17.7. The summed E-state index contributed by atoms with van der Waals surface area (Å²) >= 11 is 0. The van der Waals surface area contributed by atoms with Gasteiger partial charge >= 0.3 is 0 Å². The maximum absolute atomic E-state index is 15.0. The van der Waals surface area contributed by atoms with Crippen LogP contribution in [0.15, 0.2) is 54.7 Å². The van der Waals surface area contributed by atoms with Gasteiger partial charge in [0.1, 0.15) is 29.2 Å². The van der Waals surface area contributed by atoms with E-state index in [-0.39, 0.29) is 24.0 Å². The number of aromatic nitrogens is 2. The Morgan fingerprint density at radius 2 is 1.71 bits per heavy atom. The molecule has 14 heteroatoms. The average molecular weight is 714 g/mol. The van der Waals surface area contributed by atoms with Crippen molar-refractivity contribution in [3.63, 3.8) is 0 Å². The Balaban J connectivity index is 0.859. The minimum absolute atomic E-state index is 0.109. The molecular weight excluding hydrogens is 672 g/mol. The fraction of sp³-hybridized carbons (Fsp3) is 0.395. The van der Waals surface area contributed by atoms with E-state index in [2.05, 4.69) is 48.8 Å². The molecule has 2 atom stereocenters. The normalized spacial score (nSPS) is 19.9. The van der Waals surface area contributed by atoms with E-state index in [1.54, 1.807) is 24.4 Å². The van der Waals surface area contributed by atoms with Crippen molar-refractivity contribution >= 4 is 46.0 Å². The fourth-order valence-corrected chi connectivity index (χ4v) is 7.33. The molecule has 7 rings (SSSR count). The lowest BCUT2D eigenvalue weighted by Crippen LogP contribution is -2.52. The van der Waals surface area contributed by atoms with E-state index < -0.39 is 41.3 Å². The topological polar surface area (TPSA) is 149 Å². The first-order chi connectivity index (χ1) is 25.1. The molecule has 4 amide bonds. The first-order valence-corrected chi connectivity index (χ1v) is 17.7. The standard InChI is InChI=1S/C38H41F2N7O5/c1-46-13-2-3-33(46)32-17-23-21-41-34(20-31(23)42-32)44-37(50)27-7-5-25(19-29(27)40)52-16-12-22-10-14-47(15-11-22)24-4-6-26(28(39)18-24)36(49)43-30-8-9-35(48)45-38(30)51/h4-7,17-22,30,33,42H,2-3,8-16H2,1H3,(H,43,49)(H,41,44,50)(H,45,48,51)/t30-,33+/m0/s1. The second kappa shape index (κ2) is 15.1. The number of hydrogen-bond donors (Lipinski definition) is 4. The third-order valence-electron chi connectivity index (χ3n) is 10.3. The Labute approximate surface area is 299 Å². The summed E-state index contributed by atoms with van der Waals surface area (Å²) in [5.41, 5.74) is 2.35. The number of ether oxygens (including phenoxy) is 1. The smallest absolute Gasteiger partial charge is 0.259 e. The quantitative estimate of drug-likeness (QED) is 0.166. The van der Waals surface area contributed by atoms with Crippen molar-refractivity contribution in [1.82, 2.24) is 25.5 Å². The molecule has 52 heavy (non-hydrogen) atoms. The highest BCUT2D eigenvalue weighted by Gasteiger charge is 2.29. The lowest BCUT2D eigenvalue weighted by atomic mass is 9.93. The molecule has 3 aliphatic rings. The van der Waals surface area contributed by atoms with E-state index in [1.165, 1.54) is 24.3 Å². The highest BCUT2D eigenvalue weighted by molar-refractivity contribution is 6.05. The van der Waals surface area contributed by atoms with Gasteiger partial charge in [0.05, 0.1) is 23.3 Å². The van der Waals surface area contributed by atoms with E-state index in [0.29, 0.717) is 48.9 Å². The number of aromatic amines is 1. The van der Waals surface area contributed by atoms with Crippen LogP contribution in [0.2, 0.25) is 0 Å². The summed E-state index contributed by atoms with van der Waals surface area (Å²) in [5, 5.41) is 8.32. The molecule has 0 saturated carbocycles. The molecule has 0 bridgehead atoms. The number of imide groups is 1. The molecule has 3 fully saturated rings. The van der Waals surface area contributed by atoms with E-state index in [1.807, 2.05) is 0 Å². The van der Waals surface area contributed by atoms with Crippen LogP contribution >= 0.6 is 0 Å². The molecule has 4 N–H and O–H groups in total. The number of piperidine rings is 2. The highest BCUT2D eigenvalue weighted by Crippen LogP contribution is 2.32. The van der Waals surface area contributed by atoms with Gasteiger partial charge in [-0.25, -0.2) is 13.8 Å². The van der Waals surface area contributed by atoms with Crippen LogP contribution in [-0.2, 0) is 9.59 Å². The zero-order valence-electron chi connectivity index (χ0n) is 28.8. The summed E-state index contributed by atoms with van der Waals surface area (Å²) in [6.07, 6.45) is 6.65. The summed E-state index contributed by atoms with van der Waals surface area (Å²) in [7, 11) is 2.11. The molecule has 0 unspecified atom stereocenters. The lowest BCUT2D eigenvalue weighted by Gasteiger charge is -2.33. The molecule has 12 nitrogen and oxygen atoms in total. The van der Waals surface area contributed by atoms with Crippen molar-refractivity contribution in [2.45, 2.75) is 57.0 Å². The van der Waals surface area contributed by atoms with Gasteiger partial charge in [0.15, 0.2) is 0 Å². The Bertz CT molecular complexity index is 2010. The van der Waals surface area contributed by atoms with Crippen molar-refractivity contribution < 1.29 is 32.7 Å². The van der Waals surface area contributed by atoms with Crippen molar-refractivity contribution in [2.24, 2.45) is 5.92 Å². The van der Waals surface area contributed by atoms with Gasteiger partial charge < -0.3 is 25.3 Å². The number of amides is 4. The summed E-state index contributed by atoms with van der Waals surface area (Å²) in [6.45, 7) is 2.81. The molecule has 2 aromatic heterocycles. The Hall–Kier alpha value is -5.37. The van der Waals surface area contributed by atoms with Gasteiger partial charge in [0.2, 0.25) is 11.8 Å². The predicted octanol–water partition coefficient (Wildman–Crippen LogP) is 5.08. The SMILES string of the molecule is CN1CCC[C@@H]1c1cc2cnc(NC(=O)c3ccc(OCCC4CCN(c5ccc(C(=O)N[C@H]6CCC(=O)NC6=O)c(F)c5)CC4)cc3F)cc2[nH]1. The monoisotopic (exact) mass is 713 g/mol. The molecule has 3 aliphatic heterocycles. The number of H-pyrrole nitrogens is 1. The maximum Gasteiger partial charge on any atom is 0.259 e. The largest absolute Gasteiger partial charge is 0.493 e. The Morgan fingerprint density at radius 3 is 2.44 bits per heavy atom. The van der Waals surface area contributed by atoms with E-state index in [9.17, 15) is 23.6 Å². The van der Waals surface area contributed by atoms with Crippen LogP contribution in [0.5, 0.6) is 5.75 Å². The van der Waals surface area contributed by atoms with Crippen LogP contribution < -0.4 is 25.6 Å².